The highest BCUT2D eigenvalue weighted by molar-refractivity contribution is 5.87. The zero-order valence-electron chi connectivity index (χ0n) is 11.9. The number of ether oxygens (including phenoxy) is 1. The molecule has 4 nitrogen and oxygen atoms in total. The van der Waals surface area contributed by atoms with Gasteiger partial charge in [-0.1, -0.05) is 0 Å². The van der Waals surface area contributed by atoms with E-state index in [-0.39, 0.29) is 5.56 Å². The highest BCUT2D eigenvalue weighted by Gasteiger charge is 2.11. The number of aromatic amines is 1. The Morgan fingerprint density at radius 2 is 2.05 bits per heavy atom. The maximum absolute atomic E-state index is 12.2. The number of aromatic nitrogens is 1. The zero-order valence-corrected chi connectivity index (χ0v) is 11.9. The maximum Gasteiger partial charge on any atom is 0.251 e. The summed E-state index contributed by atoms with van der Waals surface area (Å²) in [7, 11) is 3.54. The standard InChI is InChI=1S/C15H20N2O2/c1-9-7-11(19-4)8-13-10(2)12(5-6-16-3)15(18)17-14(9)13/h7-8,16H,5-6H2,1-4H3,(H,17,18). The second-order valence-electron chi connectivity index (χ2n) is 4.78. The second-order valence-corrected chi connectivity index (χ2v) is 4.78. The third-order valence-electron chi connectivity index (χ3n) is 3.54. The van der Waals surface area contributed by atoms with E-state index in [4.69, 9.17) is 4.74 Å². The summed E-state index contributed by atoms with van der Waals surface area (Å²) in [6.07, 6.45) is 0.726. The highest BCUT2D eigenvalue weighted by atomic mass is 16.5. The van der Waals surface area contributed by atoms with Crippen LogP contribution in [-0.4, -0.2) is 25.7 Å². The van der Waals surface area contributed by atoms with Crippen molar-refractivity contribution in [2.75, 3.05) is 20.7 Å². The molecule has 0 bridgehead atoms. The molecule has 0 saturated heterocycles. The second kappa shape index (κ2) is 5.45. The third-order valence-corrected chi connectivity index (χ3v) is 3.54. The molecule has 0 radical (unpaired) electrons. The molecule has 0 aliphatic carbocycles. The zero-order chi connectivity index (χ0) is 14.0. The minimum absolute atomic E-state index is 0.00789. The van der Waals surface area contributed by atoms with E-state index in [0.717, 1.165) is 46.3 Å². The third kappa shape index (κ3) is 2.49. The van der Waals surface area contributed by atoms with Crippen LogP contribution >= 0.6 is 0 Å². The molecule has 0 spiro atoms. The summed E-state index contributed by atoms with van der Waals surface area (Å²) in [4.78, 5) is 15.1. The monoisotopic (exact) mass is 260 g/mol. The van der Waals surface area contributed by atoms with Crippen molar-refractivity contribution in [3.8, 4) is 5.75 Å². The van der Waals surface area contributed by atoms with Crippen molar-refractivity contribution in [3.05, 3.63) is 39.2 Å². The molecular weight excluding hydrogens is 240 g/mol. The minimum Gasteiger partial charge on any atom is -0.497 e. The summed E-state index contributed by atoms with van der Waals surface area (Å²) in [5.41, 5.74) is 3.81. The van der Waals surface area contributed by atoms with Crippen LogP contribution in [0.25, 0.3) is 10.9 Å². The van der Waals surface area contributed by atoms with Crippen LogP contribution in [-0.2, 0) is 6.42 Å². The lowest BCUT2D eigenvalue weighted by atomic mass is 10.00. The predicted molar refractivity (Wildman–Crippen MR) is 78.2 cm³/mol. The minimum atomic E-state index is 0.00789. The fourth-order valence-electron chi connectivity index (χ4n) is 2.41. The van der Waals surface area contributed by atoms with Crippen LogP contribution in [0.2, 0.25) is 0 Å². The molecule has 0 unspecified atom stereocenters. The number of aryl methyl sites for hydroxylation is 2. The SMILES string of the molecule is CNCCc1c(C)c2cc(OC)cc(C)c2[nH]c1=O. The van der Waals surface area contributed by atoms with E-state index in [1.165, 1.54) is 0 Å². The number of methoxy groups -OCH3 is 1. The summed E-state index contributed by atoms with van der Waals surface area (Å²) in [5, 5.41) is 4.13. The van der Waals surface area contributed by atoms with Gasteiger partial charge in [0, 0.05) is 10.9 Å². The number of H-pyrrole nitrogens is 1. The Bertz CT molecular complexity index is 659. The lowest BCUT2D eigenvalue weighted by Gasteiger charge is -2.12. The van der Waals surface area contributed by atoms with Gasteiger partial charge in [-0.3, -0.25) is 4.79 Å². The van der Waals surface area contributed by atoms with Gasteiger partial charge in [-0.05, 0) is 57.1 Å². The van der Waals surface area contributed by atoms with Crippen molar-refractivity contribution in [2.24, 2.45) is 0 Å². The van der Waals surface area contributed by atoms with Gasteiger partial charge in [0.1, 0.15) is 5.75 Å². The number of rotatable bonds is 4. The fourth-order valence-corrected chi connectivity index (χ4v) is 2.41. The van der Waals surface area contributed by atoms with Crippen LogP contribution in [0.3, 0.4) is 0 Å². The first-order valence-electron chi connectivity index (χ1n) is 6.43. The molecular formula is C15H20N2O2. The molecule has 19 heavy (non-hydrogen) atoms. The summed E-state index contributed by atoms with van der Waals surface area (Å²) in [6, 6.07) is 3.92. The van der Waals surface area contributed by atoms with Crippen molar-refractivity contribution in [3.63, 3.8) is 0 Å². The van der Waals surface area contributed by atoms with Crippen molar-refractivity contribution in [1.82, 2.24) is 10.3 Å². The molecule has 1 aromatic heterocycles. The van der Waals surface area contributed by atoms with Crippen molar-refractivity contribution in [2.45, 2.75) is 20.3 Å². The van der Waals surface area contributed by atoms with Gasteiger partial charge in [0.2, 0.25) is 0 Å². The Balaban J connectivity index is 2.71. The summed E-state index contributed by atoms with van der Waals surface area (Å²) >= 11 is 0. The predicted octanol–water partition coefficient (Wildman–Crippen LogP) is 1.92. The van der Waals surface area contributed by atoms with Gasteiger partial charge in [-0.2, -0.15) is 0 Å². The van der Waals surface area contributed by atoms with Crippen LogP contribution in [0.1, 0.15) is 16.7 Å². The summed E-state index contributed by atoms with van der Waals surface area (Å²) in [5.74, 6) is 0.819. The van der Waals surface area contributed by atoms with Gasteiger partial charge < -0.3 is 15.0 Å². The van der Waals surface area contributed by atoms with E-state index in [0.29, 0.717) is 0 Å². The fraction of sp³-hybridized carbons (Fsp3) is 0.400. The summed E-state index contributed by atoms with van der Waals surface area (Å²) < 4.78 is 5.31. The van der Waals surface area contributed by atoms with Gasteiger partial charge in [-0.25, -0.2) is 0 Å². The van der Waals surface area contributed by atoms with Gasteiger partial charge >= 0.3 is 0 Å². The van der Waals surface area contributed by atoms with E-state index in [2.05, 4.69) is 10.3 Å². The average molecular weight is 260 g/mol. The van der Waals surface area contributed by atoms with E-state index >= 15 is 0 Å². The number of hydrogen-bond acceptors (Lipinski definition) is 3. The van der Waals surface area contributed by atoms with Crippen molar-refractivity contribution >= 4 is 10.9 Å². The van der Waals surface area contributed by atoms with Crippen LogP contribution in [0, 0.1) is 13.8 Å². The van der Waals surface area contributed by atoms with Crippen LogP contribution in [0.4, 0.5) is 0 Å². The molecule has 102 valence electrons. The molecule has 0 aliphatic rings. The Labute approximate surface area is 112 Å². The first-order chi connectivity index (χ1) is 9.08. The number of benzene rings is 1. The van der Waals surface area contributed by atoms with Gasteiger partial charge in [0.05, 0.1) is 12.6 Å². The Morgan fingerprint density at radius 3 is 2.68 bits per heavy atom. The molecule has 4 heteroatoms. The molecule has 0 atom stereocenters. The number of nitrogens with one attached hydrogen (secondary N) is 2. The maximum atomic E-state index is 12.2. The van der Waals surface area contributed by atoms with Gasteiger partial charge in [0.25, 0.3) is 5.56 Å². The first-order valence-corrected chi connectivity index (χ1v) is 6.43. The van der Waals surface area contributed by atoms with Gasteiger partial charge in [-0.15, -0.1) is 0 Å². The van der Waals surface area contributed by atoms with Crippen LogP contribution in [0.15, 0.2) is 16.9 Å². The lowest BCUT2D eigenvalue weighted by molar-refractivity contribution is 0.415. The lowest BCUT2D eigenvalue weighted by Crippen LogP contribution is -2.20. The topological polar surface area (TPSA) is 54.1 Å². The quantitative estimate of drug-likeness (QED) is 0.883. The Kier molecular flexibility index (Phi) is 3.90. The smallest absolute Gasteiger partial charge is 0.251 e. The number of likely N-dealkylation sites (N-methyl/N-ethyl adjacent to an activating group) is 1. The Hall–Kier alpha value is -1.81. The molecule has 1 aromatic carbocycles. The molecule has 0 saturated carbocycles. The summed E-state index contributed by atoms with van der Waals surface area (Å²) in [6.45, 7) is 4.77. The highest BCUT2D eigenvalue weighted by Crippen LogP contribution is 2.26. The van der Waals surface area contributed by atoms with E-state index < -0.39 is 0 Å². The van der Waals surface area contributed by atoms with E-state index in [1.54, 1.807) is 7.11 Å². The average Bonchev–Trinajstić information content (AvgIpc) is 2.39. The van der Waals surface area contributed by atoms with E-state index in [1.807, 2.05) is 33.0 Å². The number of fused-ring (bicyclic) bond motifs is 1. The normalized spacial score (nSPS) is 10.9. The molecule has 0 fully saturated rings. The molecule has 2 rings (SSSR count). The van der Waals surface area contributed by atoms with Crippen LogP contribution < -0.4 is 15.6 Å². The molecule has 0 amide bonds. The first kappa shape index (κ1) is 13.6. The Morgan fingerprint density at radius 1 is 1.32 bits per heavy atom. The number of hydrogen-bond donors (Lipinski definition) is 2. The number of pyridine rings is 1. The van der Waals surface area contributed by atoms with Crippen molar-refractivity contribution < 1.29 is 4.74 Å². The van der Waals surface area contributed by atoms with E-state index in [9.17, 15) is 4.79 Å². The molecule has 1 heterocycles. The van der Waals surface area contributed by atoms with Gasteiger partial charge in [0.15, 0.2) is 0 Å². The largest absolute Gasteiger partial charge is 0.497 e. The van der Waals surface area contributed by atoms with Crippen LogP contribution in [0.5, 0.6) is 5.75 Å². The molecule has 2 N–H and O–H groups in total. The van der Waals surface area contributed by atoms with Crippen molar-refractivity contribution in [1.29, 1.82) is 0 Å². The molecule has 0 aliphatic heterocycles. The molecule has 2 aromatic rings.